The monoisotopic (exact) mass is 356 g/mol. The van der Waals surface area contributed by atoms with Gasteiger partial charge in [0.15, 0.2) is 0 Å². The van der Waals surface area contributed by atoms with Crippen molar-refractivity contribution in [2.24, 2.45) is 5.92 Å². The van der Waals surface area contributed by atoms with Crippen molar-refractivity contribution in [2.45, 2.75) is 40.0 Å². The molecule has 6 heteroatoms. The lowest BCUT2D eigenvalue weighted by atomic mass is 10.1. The molecule has 1 N–H and O–H groups in total. The minimum Gasteiger partial charge on any atom is -0.342 e. The number of H-pyrrole nitrogens is 1. The van der Waals surface area contributed by atoms with Crippen molar-refractivity contribution in [3.8, 4) is 0 Å². The number of aromatic amines is 1. The third kappa shape index (κ3) is 3.89. The maximum atomic E-state index is 12.8. The predicted octanol–water partition coefficient (Wildman–Crippen LogP) is 3.02. The third-order valence-electron chi connectivity index (χ3n) is 4.80. The first-order valence-electron chi connectivity index (χ1n) is 9.42. The van der Waals surface area contributed by atoms with Crippen molar-refractivity contribution in [2.75, 3.05) is 26.2 Å². The highest BCUT2D eigenvalue weighted by atomic mass is 16.2. The topological polar surface area (TPSA) is 69.3 Å². The molecule has 1 aliphatic rings. The van der Waals surface area contributed by atoms with Crippen molar-refractivity contribution in [3.63, 3.8) is 0 Å². The molecule has 1 saturated heterocycles. The Morgan fingerprint density at radius 1 is 1.08 bits per heavy atom. The fourth-order valence-electron chi connectivity index (χ4n) is 3.26. The van der Waals surface area contributed by atoms with E-state index in [9.17, 15) is 9.59 Å². The number of fused-ring (bicyclic) bond motifs is 1. The number of carbonyl (C=O) groups is 2. The first-order valence-corrected chi connectivity index (χ1v) is 9.42. The first-order chi connectivity index (χ1) is 12.3. The Kier molecular flexibility index (Phi) is 5.30. The number of hydrogen-bond acceptors (Lipinski definition) is 3. The number of benzene rings is 1. The zero-order valence-electron chi connectivity index (χ0n) is 16.1. The fourth-order valence-corrected chi connectivity index (χ4v) is 3.26. The Bertz CT molecular complexity index is 801. The smallest absolute Gasteiger partial charge is 0.254 e. The van der Waals surface area contributed by atoms with Crippen LogP contribution in [0.2, 0.25) is 0 Å². The summed E-state index contributed by atoms with van der Waals surface area (Å²) >= 11 is 0. The molecule has 1 fully saturated rings. The molecule has 0 bridgehead atoms. The van der Waals surface area contributed by atoms with Crippen LogP contribution >= 0.6 is 0 Å². The molecule has 3 rings (SSSR count). The summed E-state index contributed by atoms with van der Waals surface area (Å²) in [5, 5.41) is 0. The van der Waals surface area contributed by atoms with Gasteiger partial charge in [-0.15, -0.1) is 0 Å². The molecule has 26 heavy (non-hydrogen) atoms. The second kappa shape index (κ2) is 7.48. The summed E-state index contributed by atoms with van der Waals surface area (Å²) in [5.41, 5.74) is 2.44. The van der Waals surface area contributed by atoms with E-state index in [0.29, 0.717) is 50.0 Å². The van der Waals surface area contributed by atoms with E-state index in [2.05, 4.69) is 23.8 Å². The van der Waals surface area contributed by atoms with Crippen LogP contribution in [0.3, 0.4) is 0 Å². The van der Waals surface area contributed by atoms with Crippen molar-refractivity contribution < 1.29 is 9.59 Å². The maximum absolute atomic E-state index is 12.8. The quantitative estimate of drug-likeness (QED) is 0.915. The number of imidazole rings is 1. The number of rotatable bonds is 4. The Labute approximate surface area is 154 Å². The summed E-state index contributed by atoms with van der Waals surface area (Å²) in [4.78, 5) is 36.6. The highest BCUT2D eigenvalue weighted by Gasteiger charge is 2.25. The van der Waals surface area contributed by atoms with Gasteiger partial charge >= 0.3 is 0 Å². The van der Waals surface area contributed by atoms with Gasteiger partial charge in [0.25, 0.3) is 5.91 Å². The third-order valence-corrected chi connectivity index (χ3v) is 4.80. The second-order valence-corrected chi connectivity index (χ2v) is 7.78. The molecule has 1 aliphatic heterocycles. The first kappa shape index (κ1) is 18.4. The maximum Gasteiger partial charge on any atom is 0.254 e. The number of aromatic nitrogens is 2. The normalized spacial score (nSPS) is 15.3. The van der Waals surface area contributed by atoms with E-state index in [-0.39, 0.29) is 11.8 Å². The van der Waals surface area contributed by atoms with Gasteiger partial charge in [0.1, 0.15) is 5.82 Å². The summed E-state index contributed by atoms with van der Waals surface area (Å²) in [6.07, 6.45) is 0.572. The lowest BCUT2D eigenvalue weighted by molar-refractivity contribution is -0.133. The molecule has 0 radical (unpaired) electrons. The van der Waals surface area contributed by atoms with E-state index in [1.807, 2.05) is 41.8 Å². The van der Waals surface area contributed by atoms with Gasteiger partial charge in [-0.3, -0.25) is 9.59 Å². The van der Waals surface area contributed by atoms with E-state index in [0.717, 1.165) is 16.9 Å². The summed E-state index contributed by atoms with van der Waals surface area (Å²) in [6.45, 7) is 10.7. The van der Waals surface area contributed by atoms with E-state index in [4.69, 9.17) is 0 Å². The van der Waals surface area contributed by atoms with E-state index < -0.39 is 0 Å². The van der Waals surface area contributed by atoms with Crippen LogP contribution in [0.4, 0.5) is 0 Å². The zero-order chi connectivity index (χ0) is 18.8. The molecule has 140 valence electrons. The van der Waals surface area contributed by atoms with E-state index >= 15 is 0 Å². The standard InChI is InChI=1S/C20H28N4O2/c1-13(2)11-18(25)23-7-9-24(10-8-23)20(26)15-5-6-16-17(12-15)22-19(21-16)14(3)4/h5-6,12-14H,7-11H2,1-4H3,(H,21,22). The average Bonchev–Trinajstić information content (AvgIpc) is 3.04. The summed E-state index contributed by atoms with van der Waals surface area (Å²) in [6, 6.07) is 5.62. The van der Waals surface area contributed by atoms with Crippen molar-refractivity contribution in [1.82, 2.24) is 19.8 Å². The van der Waals surface area contributed by atoms with Crippen LogP contribution < -0.4 is 0 Å². The van der Waals surface area contributed by atoms with Gasteiger partial charge in [-0.1, -0.05) is 27.7 Å². The van der Waals surface area contributed by atoms with Crippen LogP contribution in [0.25, 0.3) is 11.0 Å². The second-order valence-electron chi connectivity index (χ2n) is 7.78. The van der Waals surface area contributed by atoms with Crippen LogP contribution in [-0.4, -0.2) is 57.8 Å². The fraction of sp³-hybridized carbons (Fsp3) is 0.550. The summed E-state index contributed by atoms with van der Waals surface area (Å²) in [5.74, 6) is 1.81. The Morgan fingerprint density at radius 3 is 2.35 bits per heavy atom. The number of nitrogens with one attached hydrogen (secondary N) is 1. The van der Waals surface area contributed by atoms with Crippen LogP contribution in [0.1, 0.15) is 56.2 Å². The summed E-state index contributed by atoms with van der Waals surface area (Å²) in [7, 11) is 0. The Morgan fingerprint density at radius 2 is 1.73 bits per heavy atom. The van der Waals surface area contributed by atoms with Crippen LogP contribution in [0, 0.1) is 5.92 Å². The largest absolute Gasteiger partial charge is 0.342 e. The molecular weight excluding hydrogens is 328 g/mol. The minimum absolute atomic E-state index is 0.0172. The number of carbonyl (C=O) groups excluding carboxylic acids is 2. The van der Waals surface area contributed by atoms with Gasteiger partial charge in [-0.25, -0.2) is 4.98 Å². The molecule has 0 unspecified atom stereocenters. The van der Waals surface area contributed by atoms with Crippen LogP contribution in [0.15, 0.2) is 18.2 Å². The Hall–Kier alpha value is -2.37. The predicted molar refractivity (Wildman–Crippen MR) is 102 cm³/mol. The van der Waals surface area contributed by atoms with Gasteiger partial charge < -0.3 is 14.8 Å². The van der Waals surface area contributed by atoms with Gasteiger partial charge in [0.05, 0.1) is 11.0 Å². The van der Waals surface area contributed by atoms with E-state index in [1.54, 1.807) is 0 Å². The van der Waals surface area contributed by atoms with Crippen LogP contribution in [-0.2, 0) is 4.79 Å². The van der Waals surface area contributed by atoms with Crippen LogP contribution in [0.5, 0.6) is 0 Å². The number of piperazine rings is 1. The van der Waals surface area contributed by atoms with Crippen molar-refractivity contribution in [3.05, 3.63) is 29.6 Å². The molecule has 2 aromatic rings. The number of hydrogen-bond donors (Lipinski definition) is 1. The minimum atomic E-state index is 0.0172. The van der Waals surface area contributed by atoms with Crippen molar-refractivity contribution >= 4 is 22.8 Å². The number of amides is 2. The molecule has 0 atom stereocenters. The number of nitrogens with zero attached hydrogens (tertiary/aromatic N) is 3. The molecule has 0 aliphatic carbocycles. The molecule has 1 aromatic carbocycles. The molecule has 2 heterocycles. The SMILES string of the molecule is CC(C)CC(=O)N1CCN(C(=O)c2ccc3nc(C(C)C)[nH]c3c2)CC1. The van der Waals surface area contributed by atoms with E-state index in [1.165, 1.54) is 0 Å². The molecule has 0 spiro atoms. The van der Waals surface area contributed by atoms with Gasteiger partial charge in [0.2, 0.25) is 5.91 Å². The molecule has 2 amide bonds. The lowest BCUT2D eigenvalue weighted by Gasteiger charge is -2.35. The van der Waals surface area contributed by atoms with Crippen molar-refractivity contribution in [1.29, 1.82) is 0 Å². The van der Waals surface area contributed by atoms with Gasteiger partial charge in [-0.2, -0.15) is 0 Å². The molecular formula is C20H28N4O2. The van der Waals surface area contributed by atoms with Gasteiger partial charge in [-0.05, 0) is 24.1 Å². The average molecular weight is 356 g/mol. The molecule has 6 nitrogen and oxygen atoms in total. The highest BCUT2D eigenvalue weighted by Crippen LogP contribution is 2.20. The highest BCUT2D eigenvalue weighted by molar-refractivity contribution is 5.97. The Balaban J connectivity index is 1.66. The zero-order valence-corrected chi connectivity index (χ0v) is 16.1. The van der Waals surface area contributed by atoms with Gasteiger partial charge in [0, 0.05) is 44.1 Å². The lowest BCUT2D eigenvalue weighted by Crippen LogP contribution is -2.50. The molecule has 1 aromatic heterocycles. The molecule has 0 saturated carbocycles. The summed E-state index contributed by atoms with van der Waals surface area (Å²) < 4.78 is 0.